The highest BCUT2D eigenvalue weighted by Gasteiger charge is 2.46. The first kappa shape index (κ1) is 24.1. The Morgan fingerprint density at radius 2 is 1.75 bits per heavy atom. The molecule has 1 aromatic heterocycles. The molecule has 1 N–H and O–H groups in total. The zero-order valence-electron chi connectivity index (χ0n) is 18.5. The fourth-order valence-electron chi connectivity index (χ4n) is 3.56. The highest BCUT2D eigenvalue weighted by molar-refractivity contribution is 7.89. The summed E-state index contributed by atoms with van der Waals surface area (Å²) in [6, 6.07) is 8.62. The molecule has 0 saturated carbocycles. The number of likely N-dealkylation sites (tertiary alicyclic amines) is 1. The van der Waals surface area contributed by atoms with E-state index in [1.54, 1.807) is 0 Å². The lowest BCUT2D eigenvalue weighted by molar-refractivity contribution is -0.139. The molecule has 0 bridgehead atoms. The number of sulfonamides is 1. The fraction of sp³-hybridized carbons (Fsp3) is 0.364. The summed E-state index contributed by atoms with van der Waals surface area (Å²) < 4.78 is 25.7. The molecule has 2 aromatic rings. The van der Waals surface area contributed by atoms with Crippen LogP contribution in [0.25, 0.3) is 5.76 Å². The second-order valence-corrected chi connectivity index (χ2v) is 11.1. The second kappa shape index (κ2) is 9.53. The number of thiophene rings is 1. The van der Waals surface area contributed by atoms with Gasteiger partial charge in [0.1, 0.15) is 5.76 Å². The summed E-state index contributed by atoms with van der Waals surface area (Å²) in [5.41, 5.74) is 0.293. The first-order valence-electron chi connectivity index (χ1n) is 10.0. The molecule has 32 heavy (non-hydrogen) atoms. The number of ketones is 1. The Morgan fingerprint density at radius 3 is 2.28 bits per heavy atom. The lowest BCUT2D eigenvalue weighted by Gasteiger charge is -2.24. The molecular weight excluding hydrogens is 450 g/mol. The maximum Gasteiger partial charge on any atom is 0.295 e. The van der Waals surface area contributed by atoms with E-state index in [2.05, 4.69) is 0 Å². The molecule has 1 aliphatic heterocycles. The Labute approximate surface area is 192 Å². The molecule has 1 aromatic carbocycles. The standard InChI is InChI=1S/C22H27N3O5S2/c1-23(2)12-6-13-25-19(17-7-5-14-31-17)18(21(27)22(25)28)20(26)15-8-10-16(11-9-15)32(29,30)24(3)4/h5,7-11,14,19,26H,6,12-13H2,1-4H3/t19-/m1/s1. The number of nitrogens with zero attached hydrogens (tertiary/aromatic N) is 3. The number of aliphatic hydroxyl groups is 1. The van der Waals surface area contributed by atoms with Crippen molar-refractivity contribution in [3.8, 4) is 0 Å². The van der Waals surface area contributed by atoms with E-state index in [-0.39, 0.29) is 21.8 Å². The van der Waals surface area contributed by atoms with E-state index in [0.717, 1.165) is 15.7 Å². The van der Waals surface area contributed by atoms with Crippen molar-refractivity contribution in [3.63, 3.8) is 0 Å². The SMILES string of the molecule is CN(C)CCCN1C(=O)C(=O)C(=C(O)c2ccc(S(=O)(=O)N(C)C)cc2)[C@H]1c1cccs1. The maximum atomic E-state index is 12.9. The van der Waals surface area contributed by atoms with Crippen molar-refractivity contribution >= 4 is 38.8 Å². The average Bonchev–Trinajstić information content (AvgIpc) is 3.35. The van der Waals surface area contributed by atoms with Crippen LogP contribution in [0.3, 0.4) is 0 Å². The number of carbonyl (C=O) groups is 2. The molecule has 1 fully saturated rings. The Morgan fingerprint density at radius 1 is 1.09 bits per heavy atom. The monoisotopic (exact) mass is 477 g/mol. The summed E-state index contributed by atoms with van der Waals surface area (Å²) >= 11 is 1.41. The van der Waals surface area contributed by atoms with Gasteiger partial charge in [0, 0.05) is 31.1 Å². The van der Waals surface area contributed by atoms with Crippen molar-refractivity contribution in [1.82, 2.24) is 14.1 Å². The first-order valence-corrected chi connectivity index (χ1v) is 12.4. The van der Waals surface area contributed by atoms with Crippen LogP contribution < -0.4 is 0 Å². The summed E-state index contributed by atoms with van der Waals surface area (Å²) in [7, 11) is 3.11. The van der Waals surface area contributed by atoms with Crippen molar-refractivity contribution in [1.29, 1.82) is 0 Å². The number of benzene rings is 1. The number of carbonyl (C=O) groups excluding carboxylic acids is 2. The lowest BCUT2D eigenvalue weighted by atomic mass is 10.00. The van der Waals surface area contributed by atoms with Crippen molar-refractivity contribution in [3.05, 3.63) is 57.8 Å². The van der Waals surface area contributed by atoms with E-state index in [4.69, 9.17) is 0 Å². The minimum atomic E-state index is -3.63. The van der Waals surface area contributed by atoms with E-state index in [1.165, 1.54) is 54.6 Å². The Kier molecular flexibility index (Phi) is 7.19. The Balaban J connectivity index is 2.03. The molecule has 1 amide bonds. The zero-order chi connectivity index (χ0) is 23.6. The number of rotatable bonds is 8. The molecule has 2 heterocycles. The summed E-state index contributed by atoms with van der Waals surface area (Å²) in [4.78, 5) is 30.1. The van der Waals surface area contributed by atoms with Crippen molar-refractivity contribution in [2.75, 3.05) is 41.3 Å². The maximum absolute atomic E-state index is 12.9. The van der Waals surface area contributed by atoms with E-state index in [0.29, 0.717) is 13.0 Å². The van der Waals surface area contributed by atoms with E-state index >= 15 is 0 Å². The number of Topliss-reactive ketones (excluding diaryl/α,β-unsaturated/α-hetero) is 1. The number of aliphatic hydroxyl groups excluding tert-OH is 1. The molecule has 8 nitrogen and oxygen atoms in total. The molecular formula is C22H27N3O5S2. The average molecular weight is 478 g/mol. The number of hydrogen-bond donors (Lipinski definition) is 1. The normalized spacial score (nSPS) is 18.8. The number of hydrogen-bond acceptors (Lipinski definition) is 7. The predicted molar refractivity (Wildman–Crippen MR) is 124 cm³/mol. The van der Waals surface area contributed by atoms with Crippen LogP contribution in [0, 0.1) is 0 Å². The van der Waals surface area contributed by atoms with Crippen LogP contribution in [0.4, 0.5) is 0 Å². The van der Waals surface area contributed by atoms with Crippen LogP contribution in [-0.2, 0) is 19.6 Å². The Hall–Kier alpha value is -2.53. The fourth-order valence-corrected chi connectivity index (χ4v) is 5.31. The van der Waals surface area contributed by atoms with Gasteiger partial charge in [0.15, 0.2) is 0 Å². The van der Waals surface area contributed by atoms with Gasteiger partial charge in [-0.05, 0) is 62.8 Å². The summed E-state index contributed by atoms with van der Waals surface area (Å²) in [6.07, 6.45) is 0.680. The largest absolute Gasteiger partial charge is 0.507 e. The molecule has 172 valence electrons. The third-order valence-corrected chi connectivity index (χ3v) is 8.02. The molecule has 1 atom stereocenters. The van der Waals surface area contributed by atoms with Crippen LogP contribution in [-0.4, -0.2) is 80.6 Å². The van der Waals surface area contributed by atoms with Crippen LogP contribution in [0.2, 0.25) is 0 Å². The van der Waals surface area contributed by atoms with Gasteiger partial charge in [-0.2, -0.15) is 0 Å². The second-order valence-electron chi connectivity index (χ2n) is 7.98. The van der Waals surface area contributed by atoms with Crippen LogP contribution in [0.5, 0.6) is 0 Å². The van der Waals surface area contributed by atoms with Gasteiger partial charge in [0.2, 0.25) is 10.0 Å². The van der Waals surface area contributed by atoms with Crippen molar-refractivity contribution in [2.45, 2.75) is 17.4 Å². The van der Waals surface area contributed by atoms with E-state index in [9.17, 15) is 23.1 Å². The van der Waals surface area contributed by atoms with Gasteiger partial charge >= 0.3 is 0 Å². The van der Waals surface area contributed by atoms with Gasteiger partial charge in [0.05, 0.1) is 16.5 Å². The highest BCUT2D eigenvalue weighted by atomic mass is 32.2. The molecule has 0 spiro atoms. The van der Waals surface area contributed by atoms with E-state index in [1.807, 2.05) is 36.5 Å². The summed E-state index contributed by atoms with van der Waals surface area (Å²) in [5, 5.41) is 12.9. The van der Waals surface area contributed by atoms with Gasteiger partial charge in [-0.25, -0.2) is 12.7 Å². The summed E-state index contributed by atoms with van der Waals surface area (Å²) in [5.74, 6) is -1.70. The lowest BCUT2D eigenvalue weighted by Crippen LogP contribution is -2.32. The molecule has 3 rings (SSSR count). The number of amides is 1. The van der Waals surface area contributed by atoms with Crippen LogP contribution in [0.15, 0.2) is 52.2 Å². The molecule has 10 heteroatoms. The molecule has 1 saturated heterocycles. The highest BCUT2D eigenvalue weighted by Crippen LogP contribution is 2.41. The smallest absolute Gasteiger partial charge is 0.295 e. The van der Waals surface area contributed by atoms with E-state index < -0.39 is 27.8 Å². The molecule has 1 aliphatic rings. The third-order valence-electron chi connectivity index (χ3n) is 5.26. The molecule has 0 aliphatic carbocycles. The zero-order valence-corrected chi connectivity index (χ0v) is 20.1. The summed E-state index contributed by atoms with van der Waals surface area (Å²) in [6.45, 7) is 1.13. The van der Waals surface area contributed by atoms with Crippen molar-refractivity contribution in [2.24, 2.45) is 0 Å². The van der Waals surface area contributed by atoms with Gasteiger partial charge in [-0.15, -0.1) is 11.3 Å². The van der Waals surface area contributed by atoms with Gasteiger partial charge in [-0.3, -0.25) is 9.59 Å². The van der Waals surface area contributed by atoms with Crippen LogP contribution >= 0.6 is 11.3 Å². The predicted octanol–water partition coefficient (Wildman–Crippen LogP) is 2.37. The minimum absolute atomic E-state index is 0.0190. The van der Waals surface area contributed by atoms with Crippen LogP contribution in [0.1, 0.15) is 22.9 Å². The Bertz CT molecular complexity index is 1120. The van der Waals surface area contributed by atoms with Gasteiger partial charge < -0.3 is 14.9 Å². The quantitative estimate of drug-likeness (QED) is 0.356. The van der Waals surface area contributed by atoms with Gasteiger partial charge in [-0.1, -0.05) is 6.07 Å². The third kappa shape index (κ3) is 4.63. The minimum Gasteiger partial charge on any atom is -0.507 e. The molecule has 0 radical (unpaired) electrons. The molecule has 0 unspecified atom stereocenters. The first-order chi connectivity index (χ1) is 15.1. The van der Waals surface area contributed by atoms with Gasteiger partial charge in [0.25, 0.3) is 11.7 Å². The topological polar surface area (TPSA) is 98.2 Å². The van der Waals surface area contributed by atoms with Crippen molar-refractivity contribution < 1.29 is 23.1 Å².